The van der Waals surface area contributed by atoms with Crippen molar-refractivity contribution in [1.29, 1.82) is 0 Å². The molecule has 2 aromatic carbocycles. The molecule has 1 amide bonds. The van der Waals surface area contributed by atoms with E-state index in [1.807, 2.05) is 29.0 Å². The van der Waals surface area contributed by atoms with Gasteiger partial charge in [-0.25, -0.2) is 4.98 Å². The van der Waals surface area contributed by atoms with Crippen LogP contribution in [0.5, 0.6) is 0 Å². The van der Waals surface area contributed by atoms with Gasteiger partial charge >= 0.3 is 6.18 Å². The molecule has 0 atom stereocenters. The van der Waals surface area contributed by atoms with Crippen LogP contribution in [0.2, 0.25) is 0 Å². The number of aromatic nitrogens is 4. The van der Waals surface area contributed by atoms with E-state index in [4.69, 9.17) is 0 Å². The Morgan fingerprint density at radius 1 is 1.09 bits per heavy atom. The standard InChI is InChI=1S/C25H22F3N5O/c26-25(27,28)18-6-4-16(5-7-18)11-33-9-8-17-2-1-3-19(21(17)33)22(34)31-24-12-23(13-24,14-24)10-20-29-15-30-32-20/h1-9,15H,10-14H2,(H,31,34)(H,29,30,32). The number of alkyl halides is 3. The minimum atomic E-state index is -4.36. The van der Waals surface area contributed by atoms with Crippen LogP contribution in [0.1, 0.15) is 46.6 Å². The summed E-state index contributed by atoms with van der Waals surface area (Å²) in [6.45, 7) is 0.372. The van der Waals surface area contributed by atoms with Crippen molar-refractivity contribution in [3.8, 4) is 0 Å². The van der Waals surface area contributed by atoms with Crippen LogP contribution < -0.4 is 5.32 Å². The Morgan fingerprint density at radius 2 is 1.85 bits per heavy atom. The molecule has 0 spiro atoms. The largest absolute Gasteiger partial charge is 0.416 e. The normalized spacial score (nSPS) is 23.4. The Kier molecular flexibility index (Phi) is 4.43. The second-order valence-electron chi connectivity index (χ2n) is 9.76. The summed E-state index contributed by atoms with van der Waals surface area (Å²) < 4.78 is 40.6. The van der Waals surface area contributed by atoms with Crippen LogP contribution in [0.15, 0.2) is 61.1 Å². The van der Waals surface area contributed by atoms with E-state index < -0.39 is 11.7 Å². The number of para-hydroxylation sites is 1. The summed E-state index contributed by atoms with van der Waals surface area (Å²) in [6, 6.07) is 12.6. The van der Waals surface area contributed by atoms with Gasteiger partial charge in [-0.1, -0.05) is 24.3 Å². The highest BCUT2D eigenvalue weighted by atomic mass is 19.4. The number of amides is 1. The molecule has 6 nitrogen and oxygen atoms in total. The van der Waals surface area contributed by atoms with E-state index in [1.165, 1.54) is 18.5 Å². The van der Waals surface area contributed by atoms with Gasteiger partial charge in [-0.05, 0) is 54.5 Å². The van der Waals surface area contributed by atoms with Gasteiger partial charge in [0.2, 0.25) is 0 Å². The predicted molar refractivity (Wildman–Crippen MR) is 119 cm³/mol. The molecule has 3 fully saturated rings. The highest BCUT2D eigenvalue weighted by Gasteiger charge is 2.68. The topological polar surface area (TPSA) is 75.6 Å². The average molecular weight is 465 g/mol. The lowest BCUT2D eigenvalue weighted by Crippen LogP contribution is -2.75. The van der Waals surface area contributed by atoms with Gasteiger partial charge in [-0.15, -0.1) is 0 Å². The zero-order chi connectivity index (χ0) is 23.6. The highest BCUT2D eigenvalue weighted by molar-refractivity contribution is 6.06. The number of carbonyl (C=O) groups excluding carboxylic acids is 1. The quantitative estimate of drug-likeness (QED) is 0.433. The molecule has 2 aromatic heterocycles. The summed E-state index contributed by atoms with van der Waals surface area (Å²) in [5.41, 5.74) is 1.44. The van der Waals surface area contributed by atoms with Crippen molar-refractivity contribution in [1.82, 2.24) is 25.1 Å². The Morgan fingerprint density at radius 3 is 2.53 bits per heavy atom. The molecule has 0 unspecified atom stereocenters. The molecule has 7 rings (SSSR count). The fourth-order valence-corrected chi connectivity index (χ4v) is 5.87. The maximum Gasteiger partial charge on any atom is 0.416 e. The Hall–Kier alpha value is -3.62. The Balaban J connectivity index is 1.19. The summed E-state index contributed by atoms with van der Waals surface area (Å²) in [7, 11) is 0. The fourth-order valence-electron chi connectivity index (χ4n) is 5.87. The Labute approximate surface area is 193 Å². The molecule has 3 aliphatic carbocycles. The van der Waals surface area contributed by atoms with Gasteiger partial charge < -0.3 is 9.88 Å². The number of aromatic amines is 1. The van der Waals surface area contributed by atoms with E-state index in [2.05, 4.69) is 20.5 Å². The van der Waals surface area contributed by atoms with Crippen LogP contribution in [-0.4, -0.2) is 31.2 Å². The summed E-state index contributed by atoms with van der Waals surface area (Å²) in [6.07, 6.45) is 2.64. The van der Waals surface area contributed by atoms with Crippen molar-refractivity contribution in [2.45, 2.75) is 43.9 Å². The molecule has 2 bridgehead atoms. The first-order chi connectivity index (χ1) is 16.2. The monoisotopic (exact) mass is 465 g/mol. The minimum absolute atomic E-state index is 0.120. The van der Waals surface area contributed by atoms with Crippen molar-refractivity contribution in [3.05, 3.63) is 83.6 Å². The van der Waals surface area contributed by atoms with Gasteiger partial charge in [0.15, 0.2) is 0 Å². The van der Waals surface area contributed by atoms with Gasteiger partial charge in [0.25, 0.3) is 5.91 Å². The summed E-state index contributed by atoms with van der Waals surface area (Å²) >= 11 is 0. The molecule has 3 saturated carbocycles. The average Bonchev–Trinajstić information content (AvgIpc) is 3.41. The summed E-state index contributed by atoms with van der Waals surface area (Å²) in [5.74, 6) is 0.761. The van der Waals surface area contributed by atoms with Crippen LogP contribution in [0.3, 0.4) is 0 Å². The van der Waals surface area contributed by atoms with Gasteiger partial charge in [-0.3, -0.25) is 9.89 Å². The molecule has 0 aliphatic heterocycles. The van der Waals surface area contributed by atoms with Crippen molar-refractivity contribution in [2.24, 2.45) is 5.41 Å². The maximum atomic E-state index is 13.3. The number of hydrogen-bond acceptors (Lipinski definition) is 3. The molecule has 9 heteroatoms. The summed E-state index contributed by atoms with van der Waals surface area (Å²) in [4.78, 5) is 17.5. The smallest absolute Gasteiger partial charge is 0.346 e. The molecule has 4 aromatic rings. The van der Waals surface area contributed by atoms with Crippen LogP contribution in [-0.2, 0) is 19.1 Å². The second-order valence-corrected chi connectivity index (χ2v) is 9.76. The molecule has 174 valence electrons. The number of nitrogens with one attached hydrogen (secondary N) is 2. The predicted octanol–water partition coefficient (Wildman–Crippen LogP) is 4.72. The van der Waals surface area contributed by atoms with Crippen molar-refractivity contribution >= 4 is 16.8 Å². The summed E-state index contributed by atoms with van der Waals surface area (Å²) in [5, 5.41) is 11.0. The molecule has 3 aliphatic rings. The van der Waals surface area contributed by atoms with E-state index in [0.717, 1.165) is 60.1 Å². The van der Waals surface area contributed by atoms with Gasteiger partial charge in [-0.2, -0.15) is 18.3 Å². The second kappa shape index (κ2) is 7.19. The molecule has 0 radical (unpaired) electrons. The lowest BCUT2D eigenvalue weighted by Gasteiger charge is -2.70. The molecular weight excluding hydrogens is 443 g/mol. The molecule has 2 heterocycles. The van der Waals surface area contributed by atoms with E-state index in [0.29, 0.717) is 12.1 Å². The number of rotatable bonds is 6. The highest BCUT2D eigenvalue weighted by Crippen LogP contribution is 2.68. The number of benzene rings is 2. The van der Waals surface area contributed by atoms with Crippen LogP contribution in [0.4, 0.5) is 13.2 Å². The first kappa shape index (κ1) is 20.9. The number of carbonyl (C=O) groups is 1. The third-order valence-corrected chi connectivity index (χ3v) is 7.19. The van der Waals surface area contributed by atoms with Crippen LogP contribution in [0, 0.1) is 5.41 Å². The first-order valence-electron chi connectivity index (χ1n) is 11.2. The third kappa shape index (κ3) is 3.46. The third-order valence-electron chi connectivity index (χ3n) is 7.19. The lowest BCUT2D eigenvalue weighted by atomic mass is 9.38. The number of nitrogens with zero attached hydrogens (tertiary/aromatic N) is 3. The van der Waals surface area contributed by atoms with E-state index in [9.17, 15) is 18.0 Å². The zero-order valence-electron chi connectivity index (χ0n) is 18.2. The minimum Gasteiger partial charge on any atom is -0.346 e. The van der Waals surface area contributed by atoms with E-state index in [1.54, 1.807) is 6.07 Å². The van der Waals surface area contributed by atoms with Crippen molar-refractivity contribution < 1.29 is 18.0 Å². The van der Waals surface area contributed by atoms with Crippen LogP contribution in [0.25, 0.3) is 10.9 Å². The first-order valence-corrected chi connectivity index (χ1v) is 11.2. The molecule has 0 saturated heterocycles. The van der Waals surface area contributed by atoms with Gasteiger partial charge in [0.1, 0.15) is 12.2 Å². The van der Waals surface area contributed by atoms with Crippen molar-refractivity contribution in [3.63, 3.8) is 0 Å². The molecule has 34 heavy (non-hydrogen) atoms. The van der Waals surface area contributed by atoms with Crippen molar-refractivity contribution in [2.75, 3.05) is 0 Å². The number of hydrogen-bond donors (Lipinski definition) is 2. The van der Waals surface area contributed by atoms with E-state index in [-0.39, 0.29) is 16.9 Å². The van der Waals surface area contributed by atoms with Crippen LogP contribution >= 0.6 is 0 Å². The Bertz CT molecular complexity index is 1350. The van der Waals surface area contributed by atoms with Gasteiger partial charge in [0.05, 0.1) is 16.6 Å². The molecule has 2 N–H and O–H groups in total. The fraction of sp³-hybridized carbons (Fsp3) is 0.320. The SMILES string of the molecule is O=C(NC12CC(Cc3ncn[nH]3)(C1)C2)c1cccc2ccn(Cc3ccc(C(F)(F)F)cc3)c12. The molecular formula is C25H22F3N5O. The number of fused-ring (bicyclic) bond motifs is 1. The maximum absolute atomic E-state index is 13.3. The van der Waals surface area contributed by atoms with Gasteiger partial charge in [0, 0.05) is 30.1 Å². The number of H-pyrrole nitrogens is 1. The zero-order valence-corrected chi connectivity index (χ0v) is 18.2. The van der Waals surface area contributed by atoms with E-state index >= 15 is 0 Å². The number of halogens is 3. The lowest BCUT2D eigenvalue weighted by molar-refractivity contribution is -0.147.